The van der Waals surface area contributed by atoms with Crippen molar-refractivity contribution in [1.29, 1.82) is 0 Å². The van der Waals surface area contributed by atoms with Crippen LogP contribution < -0.4 is 10.6 Å². The van der Waals surface area contributed by atoms with Crippen LogP contribution in [0.3, 0.4) is 0 Å². The SMILES string of the molecule is CC(C)Nc1cccc(CNC(=O)[C@@H]2CC(=O)N(C)[C@H]2c2cccc(Cl)c2)c1. The first-order valence-corrected chi connectivity index (χ1v) is 9.87. The van der Waals surface area contributed by atoms with E-state index >= 15 is 0 Å². The lowest BCUT2D eigenvalue weighted by Gasteiger charge is -2.25. The Morgan fingerprint density at radius 2 is 1.96 bits per heavy atom. The predicted molar refractivity (Wildman–Crippen MR) is 112 cm³/mol. The van der Waals surface area contributed by atoms with E-state index in [1.165, 1.54) is 0 Å². The third kappa shape index (κ3) is 4.65. The van der Waals surface area contributed by atoms with Crippen molar-refractivity contribution in [3.8, 4) is 0 Å². The summed E-state index contributed by atoms with van der Waals surface area (Å²) in [6, 6.07) is 15.4. The zero-order valence-electron chi connectivity index (χ0n) is 16.4. The van der Waals surface area contributed by atoms with Crippen LogP contribution >= 0.6 is 11.6 Å². The molecule has 1 aliphatic rings. The lowest BCUT2D eigenvalue weighted by Crippen LogP contribution is -2.34. The second-order valence-corrected chi connectivity index (χ2v) is 7.97. The van der Waals surface area contributed by atoms with E-state index in [0.29, 0.717) is 17.6 Å². The minimum absolute atomic E-state index is 0.0340. The van der Waals surface area contributed by atoms with E-state index in [0.717, 1.165) is 16.8 Å². The molecule has 0 unspecified atom stereocenters. The summed E-state index contributed by atoms with van der Waals surface area (Å²) in [4.78, 5) is 26.8. The Kier molecular flexibility index (Phi) is 6.25. The number of hydrogen-bond acceptors (Lipinski definition) is 3. The number of nitrogens with zero attached hydrogens (tertiary/aromatic N) is 1. The molecule has 148 valence electrons. The molecule has 0 spiro atoms. The number of amides is 2. The van der Waals surface area contributed by atoms with Gasteiger partial charge >= 0.3 is 0 Å². The lowest BCUT2D eigenvalue weighted by molar-refractivity contribution is -0.128. The molecule has 2 amide bonds. The number of halogens is 1. The van der Waals surface area contributed by atoms with Gasteiger partial charge in [0, 0.05) is 36.8 Å². The van der Waals surface area contributed by atoms with Crippen molar-refractivity contribution >= 4 is 29.1 Å². The normalized spacial score (nSPS) is 19.2. The van der Waals surface area contributed by atoms with Gasteiger partial charge < -0.3 is 15.5 Å². The summed E-state index contributed by atoms with van der Waals surface area (Å²) in [6.07, 6.45) is 0.203. The largest absolute Gasteiger partial charge is 0.383 e. The van der Waals surface area contributed by atoms with Crippen molar-refractivity contribution in [2.45, 2.75) is 38.9 Å². The lowest BCUT2D eigenvalue weighted by atomic mass is 9.93. The van der Waals surface area contributed by atoms with E-state index in [1.807, 2.05) is 42.5 Å². The highest BCUT2D eigenvalue weighted by Crippen LogP contribution is 2.37. The molecular weight excluding hydrogens is 374 g/mol. The van der Waals surface area contributed by atoms with Gasteiger partial charge in [-0.25, -0.2) is 0 Å². The highest BCUT2D eigenvalue weighted by Gasteiger charge is 2.42. The van der Waals surface area contributed by atoms with Crippen molar-refractivity contribution in [1.82, 2.24) is 10.2 Å². The first kappa shape index (κ1) is 20.2. The highest BCUT2D eigenvalue weighted by atomic mass is 35.5. The molecule has 0 saturated carbocycles. The van der Waals surface area contributed by atoms with Crippen LogP contribution in [-0.2, 0) is 16.1 Å². The molecule has 2 N–H and O–H groups in total. The molecule has 1 aliphatic heterocycles. The topological polar surface area (TPSA) is 61.4 Å². The molecule has 1 fully saturated rings. The molecule has 6 heteroatoms. The van der Waals surface area contributed by atoms with Crippen LogP contribution in [0.2, 0.25) is 5.02 Å². The number of benzene rings is 2. The Hall–Kier alpha value is -2.53. The Bertz CT molecular complexity index is 868. The number of anilines is 1. The fourth-order valence-corrected chi connectivity index (χ4v) is 3.87. The van der Waals surface area contributed by atoms with Gasteiger partial charge in [-0.3, -0.25) is 9.59 Å². The Morgan fingerprint density at radius 1 is 1.21 bits per heavy atom. The third-order valence-corrected chi connectivity index (χ3v) is 5.20. The molecule has 2 aromatic carbocycles. The van der Waals surface area contributed by atoms with Crippen molar-refractivity contribution in [3.05, 3.63) is 64.7 Å². The molecule has 1 heterocycles. The van der Waals surface area contributed by atoms with Crippen LogP contribution in [0, 0.1) is 5.92 Å². The van der Waals surface area contributed by atoms with Crippen LogP contribution in [-0.4, -0.2) is 29.8 Å². The second kappa shape index (κ2) is 8.65. The summed E-state index contributed by atoms with van der Waals surface area (Å²) in [5, 5.41) is 6.95. The monoisotopic (exact) mass is 399 g/mol. The van der Waals surface area contributed by atoms with E-state index in [9.17, 15) is 9.59 Å². The quantitative estimate of drug-likeness (QED) is 0.771. The molecule has 5 nitrogen and oxygen atoms in total. The summed E-state index contributed by atoms with van der Waals surface area (Å²) < 4.78 is 0. The average molecular weight is 400 g/mol. The van der Waals surface area contributed by atoms with Gasteiger partial charge in [0.15, 0.2) is 0 Å². The second-order valence-electron chi connectivity index (χ2n) is 7.53. The molecule has 1 saturated heterocycles. The summed E-state index contributed by atoms with van der Waals surface area (Å²) >= 11 is 6.12. The first-order chi connectivity index (χ1) is 13.3. The standard InChI is InChI=1S/C22H26ClN3O2/c1-14(2)25-18-9-4-6-15(10-18)13-24-22(28)19-12-20(27)26(3)21(19)16-7-5-8-17(23)11-16/h4-11,14,19,21,25H,12-13H2,1-3H3,(H,24,28)/t19-,21+/m1/s1. The molecule has 3 rings (SSSR count). The smallest absolute Gasteiger partial charge is 0.226 e. The third-order valence-electron chi connectivity index (χ3n) is 4.96. The van der Waals surface area contributed by atoms with Gasteiger partial charge in [-0.2, -0.15) is 0 Å². The molecule has 0 bridgehead atoms. The summed E-state index contributed by atoms with van der Waals surface area (Å²) in [5.41, 5.74) is 2.91. The van der Waals surface area contributed by atoms with Crippen molar-refractivity contribution in [3.63, 3.8) is 0 Å². The average Bonchev–Trinajstić information content (AvgIpc) is 2.94. The Balaban J connectivity index is 1.71. The number of carbonyl (C=O) groups is 2. The Morgan fingerprint density at radius 3 is 2.68 bits per heavy atom. The van der Waals surface area contributed by atoms with Crippen LogP contribution in [0.4, 0.5) is 5.69 Å². The maximum Gasteiger partial charge on any atom is 0.226 e. The van der Waals surface area contributed by atoms with Crippen LogP contribution in [0.25, 0.3) is 0 Å². The van der Waals surface area contributed by atoms with Crippen molar-refractivity contribution < 1.29 is 9.59 Å². The van der Waals surface area contributed by atoms with E-state index in [2.05, 4.69) is 24.5 Å². The maximum atomic E-state index is 12.9. The number of carbonyl (C=O) groups excluding carboxylic acids is 2. The van der Waals surface area contributed by atoms with E-state index < -0.39 is 5.92 Å². The van der Waals surface area contributed by atoms with Crippen molar-refractivity contribution in [2.75, 3.05) is 12.4 Å². The summed E-state index contributed by atoms with van der Waals surface area (Å²) in [5.74, 6) is -0.592. The number of nitrogens with one attached hydrogen (secondary N) is 2. The molecule has 0 radical (unpaired) electrons. The summed E-state index contributed by atoms with van der Waals surface area (Å²) in [6.45, 7) is 4.58. The molecule has 0 aliphatic carbocycles. The molecule has 2 atom stereocenters. The maximum absolute atomic E-state index is 12.9. The van der Waals surface area contributed by atoms with Crippen LogP contribution in [0.15, 0.2) is 48.5 Å². The number of hydrogen-bond donors (Lipinski definition) is 2. The van der Waals surface area contributed by atoms with Crippen LogP contribution in [0.1, 0.15) is 37.4 Å². The summed E-state index contributed by atoms with van der Waals surface area (Å²) in [7, 11) is 1.74. The van der Waals surface area contributed by atoms with Gasteiger partial charge in [0.2, 0.25) is 11.8 Å². The Labute approximate surface area is 171 Å². The van der Waals surface area contributed by atoms with E-state index in [-0.39, 0.29) is 24.3 Å². The highest BCUT2D eigenvalue weighted by molar-refractivity contribution is 6.30. The first-order valence-electron chi connectivity index (χ1n) is 9.49. The molecule has 0 aromatic heterocycles. The van der Waals surface area contributed by atoms with Gasteiger partial charge in [-0.05, 0) is 49.2 Å². The van der Waals surface area contributed by atoms with E-state index in [1.54, 1.807) is 18.0 Å². The fraction of sp³-hybridized carbons (Fsp3) is 0.364. The fourth-order valence-electron chi connectivity index (χ4n) is 3.68. The van der Waals surface area contributed by atoms with Gasteiger partial charge in [0.1, 0.15) is 0 Å². The van der Waals surface area contributed by atoms with Crippen molar-refractivity contribution in [2.24, 2.45) is 5.92 Å². The molecular formula is C22H26ClN3O2. The van der Waals surface area contributed by atoms with Gasteiger partial charge in [-0.1, -0.05) is 35.9 Å². The minimum Gasteiger partial charge on any atom is -0.383 e. The zero-order chi connectivity index (χ0) is 20.3. The zero-order valence-corrected chi connectivity index (χ0v) is 17.2. The van der Waals surface area contributed by atoms with Crippen LogP contribution in [0.5, 0.6) is 0 Å². The number of likely N-dealkylation sites (tertiary alicyclic amines) is 1. The minimum atomic E-state index is -0.437. The number of rotatable bonds is 6. The van der Waals surface area contributed by atoms with E-state index in [4.69, 9.17) is 11.6 Å². The predicted octanol–water partition coefficient (Wildman–Crippen LogP) is 4.00. The van der Waals surface area contributed by atoms with Gasteiger partial charge in [-0.15, -0.1) is 0 Å². The molecule has 2 aromatic rings. The molecule has 28 heavy (non-hydrogen) atoms. The van der Waals surface area contributed by atoms with Gasteiger partial charge in [0.05, 0.1) is 12.0 Å². The van der Waals surface area contributed by atoms with Gasteiger partial charge in [0.25, 0.3) is 0 Å².